The molecule has 2 heterocycles. The Morgan fingerprint density at radius 2 is 1.75 bits per heavy atom. The average Bonchev–Trinajstić information content (AvgIpc) is 3.39. The second kappa shape index (κ2) is 7.93. The van der Waals surface area contributed by atoms with E-state index in [1.165, 1.54) is 80.2 Å². The van der Waals surface area contributed by atoms with Crippen LogP contribution in [0.4, 0.5) is 5.88 Å². The fourth-order valence-corrected chi connectivity index (χ4v) is 5.90. The topological polar surface area (TPSA) is 29.3 Å². The summed E-state index contributed by atoms with van der Waals surface area (Å²) in [5, 5.41) is 4.67. The number of aromatic nitrogens is 1. The first kappa shape index (κ1) is 18.3. The minimum atomic E-state index is 0.568. The van der Waals surface area contributed by atoms with Crippen molar-refractivity contribution in [3.8, 4) is 0 Å². The maximum atomic E-state index is 6.00. The van der Waals surface area contributed by atoms with Gasteiger partial charge in [0, 0.05) is 24.6 Å². The first-order valence-electron chi connectivity index (χ1n) is 11.6. The van der Waals surface area contributed by atoms with Gasteiger partial charge in [-0.2, -0.15) is 0 Å². The van der Waals surface area contributed by atoms with Gasteiger partial charge in [0.15, 0.2) is 0 Å². The van der Waals surface area contributed by atoms with Crippen LogP contribution in [-0.2, 0) is 6.42 Å². The summed E-state index contributed by atoms with van der Waals surface area (Å²) >= 11 is 0. The molecule has 1 aromatic carbocycles. The van der Waals surface area contributed by atoms with E-state index in [9.17, 15) is 0 Å². The maximum Gasteiger partial charge on any atom is 0.230 e. The van der Waals surface area contributed by atoms with E-state index in [1.54, 1.807) is 0 Å². The third-order valence-electron chi connectivity index (χ3n) is 7.49. The minimum absolute atomic E-state index is 0.568. The van der Waals surface area contributed by atoms with E-state index < -0.39 is 0 Å². The maximum absolute atomic E-state index is 6.00. The molecule has 0 spiro atoms. The van der Waals surface area contributed by atoms with E-state index in [2.05, 4.69) is 41.2 Å². The Kier molecular flexibility index (Phi) is 5.17. The van der Waals surface area contributed by atoms with Crippen molar-refractivity contribution in [2.24, 2.45) is 5.92 Å². The standard InChI is InChI=1S/C25H34N2O/c1-18-9-11-20(12-10-18)21-16-22(15-19-7-3-2-4-8-19)24-23(17-21)25(28-26-24)27-13-5-6-14-27/h9-12,19,21-22H,2-8,13-17H2,1H3. The number of hydrogen-bond acceptors (Lipinski definition) is 3. The molecule has 3 nitrogen and oxygen atoms in total. The second-order valence-electron chi connectivity index (χ2n) is 9.53. The predicted octanol–water partition coefficient (Wildman–Crippen LogP) is 6.37. The molecule has 2 aliphatic carbocycles. The van der Waals surface area contributed by atoms with Gasteiger partial charge in [-0.25, -0.2) is 0 Å². The fraction of sp³-hybridized carbons (Fsp3) is 0.640. The third kappa shape index (κ3) is 3.60. The lowest BCUT2D eigenvalue weighted by Gasteiger charge is -2.32. The molecule has 1 aliphatic heterocycles. The number of benzene rings is 1. The smallest absolute Gasteiger partial charge is 0.230 e. The van der Waals surface area contributed by atoms with Crippen LogP contribution in [0.5, 0.6) is 0 Å². The number of nitrogens with zero attached hydrogens (tertiary/aromatic N) is 2. The number of hydrogen-bond donors (Lipinski definition) is 0. The van der Waals surface area contributed by atoms with E-state index in [1.807, 2.05) is 0 Å². The van der Waals surface area contributed by atoms with Crippen molar-refractivity contribution >= 4 is 5.88 Å². The normalized spacial score (nSPS) is 25.8. The molecule has 0 amide bonds. The highest BCUT2D eigenvalue weighted by atomic mass is 16.5. The first-order chi connectivity index (χ1) is 13.8. The van der Waals surface area contributed by atoms with Gasteiger partial charge in [-0.3, -0.25) is 0 Å². The van der Waals surface area contributed by atoms with Crippen molar-refractivity contribution in [3.63, 3.8) is 0 Å². The molecule has 3 aliphatic rings. The number of fused-ring (bicyclic) bond motifs is 1. The molecular formula is C25H34N2O. The first-order valence-corrected chi connectivity index (χ1v) is 11.6. The van der Waals surface area contributed by atoms with E-state index in [-0.39, 0.29) is 0 Å². The molecule has 2 unspecified atom stereocenters. The van der Waals surface area contributed by atoms with Crippen molar-refractivity contribution in [1.29, 1.82) is 0 Å². The summed E-state index contributed by atoms with van der Waals surface area (Å²) in [7, 11) is 0. The summed E-state index contributed by atoms with van der Waals surface area (Å²) in [6.45, 7) is 4.44. The van der Waals surface area contributed by atoms with E-state index in [4.69, 9.17) is 4.52 Å². The van der Waals surface area contributed by atoms with E-state index in [0.29, 0.717) is 11.8 Å². The van der Waals surface area contributed by atoms with Crippen LogP contribution in [0.1, 0.15) is 92.0 Å². The van der Waals surface area contributed by atoms with Crippen molar-refractivity contribution in [2.75, 3.05) is 18.0 Å². The van der Waals surface area contributed by atoms with Gasteiger partial charge in [0.2, 0.25) is 5.88 Å². The van der Waals surface area contributed by atoms with Crippen molar-refractivity contribution in [1.82, 2.24) is 5.16 Å². The summed E-state index contributed by atoms with van der Waals surface area (Å²) in [4.78, 5) is 2.45. The van der Waals surface area contributed by atoms with Crippen LogP contribution >= 0.6 is 0 Å². The molecule has 2 atom stereocenters. The SMILES string of the molecule is Cc1ccc(C2Cc3c(noc3N3CCCC3)C(CC3CCCCC3)C2)cc1. The average molecular weight is 379 g/mol. The van der Waals surface area contributed by atoms with Crippen molar-refractivity contribution in [2.45, 2.75) is 83.0 Å². The molecule has 28 heavy (non-hydrogen) atoms. The quantitative estimate of drug-likeness (QED) is 0.619. The largest absolute Gasteiger partial charge is 0.340 e. The Hall–Kier alpha value is -1.77. The molecule has 3 heteroatoms. The Morgan fingerprint density at radius 1 is 1.00 bits per heavy atom. The Morgan fingerprint density at radius 3 is 2.50 bits per heavy atom. The molecule has 2 aromatic rings. The Labute approximate surface area is 169 Å². The highest BCUT2D eigenvalue weighted by Gasteiger charge is 2.36. The van der Waals surface area contributed by atoms with Crippen LogP contribution in [0, 0.1) is 12.8 Å². The van der Waals surface area contributed by atoms with Gasteiger partial charge < -0.3 is 9.42 Å². The molecule has 1 saturated carbocycles. The summed E-state index contributed by atoms with van der Waals surface area (Å²) in [5.74, 6) is 3.15. The van der Waals surface area contributed by atoms with Gasteiger partial charge in [-0.05, 0) is 56.4 Å². The second-order valence-corrected chi connectivity index (χ2v) is 9.53. The van der Waals surface area contributed by atoms with Crippen molar-refractivity contribution < 1.29 is 4.52 Å². The molecule has 150 valence electrons. The number of aryl methyl sites for hydroxylation is 1. The number of anilines is 1. The summed E-state index contributed by atoms with van der Waals surface area (Å²) in [6.07, 6.45) is 13.3. The van der Waals surface area contributed by atoms with Gasteiger partial charge in [0.25, 0.3) is 0 Å². The lowest BCUT2D eigenvalue weighted by atomic mass is 9.72. The molecule has 0 radical (unpaired) electrons. The van der Waals surface area contributed by atoms with Gasteiger partial charge in [0.1, 0.15) is 0 Å². The molecule has 0 N–H and O–H groups in total. The lowest BCUT2D eigenvalue weighted by molar-refractivity contribution is 0.293. The summed E-state index contributed by atoms with van der Waals surface area (Å²) in [6, 6.07) is 9.25. The van der Waals surface area contributed by atoms with Gasteiger partial charge in [-0.1, -0.05) is 67.1 Å². The highest BCUT2D eigenvalue weighted by molar-refractivity contribution is 5.50. The van der Waals surface area contributed by atoms with Crippen LogP contribution < -0.4 is 4.90 Å². The molecule has 2 fully saturated rings. The molecule has 0 bridgehead atoms. The fourth-order valence-electron chi connectivity index (χ4n) is 5.90. The summed E-state index contributed by atoms with van der Waals surface area (Å²) < 4.78 is 6.00. The Balaban J connectivity index is 1.45. The van der Waals surface area contributed by atoms with Gasteiger partial charge in [-0.15, -0.1) is 0 Å². The van der Waals surface area contributed by atoms with Crippen LogP contribution in [0.15, 0.2) is 28.8 Å². The van der Waals surface area contributed by atoms with Crippen LogP contribution in [0.3, 0.4) is 0 Å². The summed E-state index contributed by atoms with van der Waals surface area (Å²) in [5.41, 5.74) is 5.58. The van der Waals surface area contributed by atoms with Crippen LogP contribution in [0.2, 0.25) is 0 Å². The lowest BCUT2D eigenvalue weighted by Crippen LogP contribution is -2.23. The van der Waals surface area contributed by atoms with Crippen LogP contribution in [-0.4, -0.2) is 18.2 Å². The zero-order valence-electron chi connectivity index (χ0n) is 17.3. The van der Waals surface area contributed by atoms with Gasteiger partial charge >= 0.3 is 0 Å². The molecular weight excluding hydrogens is 344 g/mol. The highest BCUT2D eigenvalue weighted by Crippen LogP contribution is 2.47. The van der Waals surface area contributed by atoms with Gasteiger partial charge in [0.05, 0.1) is 5.69 Å². The zero-order chi connectivity index (χ0) is 18.9. The minimum Gasteiger partial charge on any atom is -0.340 e. The monoisotopic (exact) mass is 378 g/mol. The Bertz CT molecular complexity index is 781. The molecule has 5 rings (SSSR count). The van der Waals surface area contributed by atoms with Crippen molar-refractivity contribution in [3.05, 3.63) is 46.6 Å². The third-order valence-corrected chi connectivity index (χ3v) is 7.49. The zero-order valence-corrected chi connectivity index (χ0v) is 17.3. The van der Waals surface area contributed by atoms with Crippen LogP contribution in [0.25, 0.3) is 0 Å². The molecule has 1 saturated heterocycles. The molecule has 1 aromatic heterocycles. The van der Waals surface area contributed by atoms with E-state index >= 15 is 0 Å². The number of rotatable bonds is 4. The van der Waals surface area contributed by atoms with E-state index in [0.717, 1.165) is 31.3 Å². The predicted molar refractivity (Wildman–Crippen MR) is 114 cm³/mol.